The molecule has 0 atom stereocenters. The van der Waals surface area contributed by atoms with Crippen LogP contribution in [0.1, 0.15) is 5.56 Å². The number of amides is 1. The second-order valence-corrected chi connectivity index (χ2v) is 6.24. The number of halogens is 4. The number of benzene rings is 2. The first-order valence-electron chi connectivity index (χ1n) is 7.59. The van der Waals surface area contributed by atoms with Gasteiger partial charge in [-0.1, -0.05) is 30.3 Å². The first-order chi connectivity index (χ1) is 12.3. The molecule has 0 radical (unpaired) electrons. The lowest BCUT2D eigenvalue weighted by Crippen LogP contribution is -2.17. The molecular formula is C18H13BrF3NO3. The van der Waals surface area contributed by atoms with Crippen molar-refractivity contribution in [2.24, 2.45) is 0 Å². The molecule has 4 nitrogen and oxygen atoms in total. The molecule has 2 aromatic carbocycles. The van der Waals surface area contributed by atoms with Crippen LogP contribution < -0.4 is 14.8 Å². The lowest BCUT2D eigenvalue weighted by atomic mass is 10.1. The molecule has 26 heavy (non-hydrogen) atoms. The molecule has 0 spiro atoms. The van der Waals surface area contributed by atoms with Crippen molar-refractivity contribution in [3.63, 3.8) is 0 Å². The Bertz CT molecular complexity index is 851. The van der Waals surface area contributed by atoms with Gasteiger partial charge in [0.05, 0.1) is 11.3 Å². The molecule has 0 fully saturated rings. The van der Waals surface area contributed by atoms with E-state index in [1.165, 1.54) is 30.3 Å². The maximum absolute atomic E-state index is 13.3. The number of hydrogen-bond acceptors (Lipinski definition) is 3. The standard InChI is InChI=1S/C18H13BrF3NO3/c19-13-9-15-16(26-7-6-25-15)10-14(13)23-17(24)8-12(18(20,21)22)11-4-2-1-3-5-11/h1-5,8-10H,6-7H2,(H,23,24)/b12-8+. The lowest BCUT2D eigenvalue weighted by Gasteiger charge is -2.20. The molecule has 0 bridgehead atoms. The quantitative estimate of drug-likeness (QED) is 0.715. The summed E-state index contributed by atoms with van der Waals surface area (Å²) in [6, 6.07) is 10.2. The zero-order valence-corrected chi connectivity index (χ0v) is 14.9. The molecule has 0 unspecified atom stereocenters. The molecule has 0 saturated heterocycles. The van der Waals surface area contributed by atoms with Crippen molar-refractivity contribution in [2.75, 3.05) is 18.5 Å². The highest BCUT2D eigenvalue weighted by molar-refractivity contribution is 9.10. The summed E-state index contributed by atoms with van der Waals surface area (Å²) in [5.74, 6) is 0.00771. The molecule has 1 N–H and O–H groups in total. The summed E-state index contributed by atoms with van der Waals surface area (Å²) < 4.78 is 51.2. The minimum atomic E-state index is -4.66. The third-order valence-electron chi connectivity index (χ3n) is 3.56. The van der Waals surface area contributed by atoms with Crippen LogP contribution in [0.3, 0.4) is 0 Å². The SMILES string of the molecule is O=C(/C=C(\c1ccccc1)C(F)(F)F)Nc1cc2c(cc1Br)OCCO2. The summed E-state index contributed by atoms with van der Waals surface area (Å²) in [7, 11) is 0. The largest absolute Gasteiger partial charge is 0.486 e. The number of alkyl halides is 3. The van der Waals surface area contributed by atoms with E-state index in [9.17, 15) is 18.0 Å². The van der Waals surface area contributed by atoms with Crippen LogP contribution in [0.25, 0.3) is 5.57 Å². The van der Waals surface area contributed by atoms with Gasteiger partial charge < -0.3 is 14.8 Å². The van der Waals surface area contributed by atoms with Crippen molar-refractivity contribution in [1.82, 2.24) is 0 Å². The van der Waals surface area contributed by atoms with E-state index in [0.29, 0.717) is 35.3 Å². The highest BCUT2D eigenvalue weighted by Gasteiger charge is 2.35. The van der Waals surface area contributed by atoms with E-state index in [0.717, 1.165) is 0 Å². The summed E-state index contributed by atoms with van der Waals surface area (Å²) in [5.41, 5.74) is -0.828. The summed E-state index contributed by atoms with van der Waals surface area (Å²) in [6.45, 7) is 0.758. The maximum atomic E-state index is 13.3. The number of allylic oxidation sites excluding steroid dienone is 1. The second kappa shape index (κ2) is 7.41. The van der Waals surface area contributed by atoms with Gasteiger partial charge in [-0.3, -0.25) is 4.79 Å². The number of rotatable bonds is 3. The zero-order chi connectivity index (χ0) is 18.7. The van der Waals surface area contributed by atoms with E-state index < -0.39 is 17.7 Å². The predicted molar refractivity (Wildman–Crippen MR) is 94.2 cm³/mol. The van der Waals surface area contributed by atoms with Gasteiger partial charge in [0, 0.05) is 22.7 Å². The summed E-state index contributed by atoms with van der Waals surface area (Å²) >= 11 is 3.26. The van der Waals surface area contributed by atoms with Gasteiger partial charge >= 0.3 is 6.18 Å². The Balaban J connectivity index is 1.88. The maximum Gasteiger partial charge on any atom is 0.417 e. The van der Waals surface area contributed by atoms with Crippen LogP contribution in [0.15, 0.2) is 53.0 Å². The van der Waals surface area contributed by atoms with Gasteiger partial charge in [0.2, 0.25) is 5.91 Å². The van der Waals surface area contributed by atoms with Crippen molar-refractivity contribution in [1.29, 1.82) is 0 Å². The minimum Gasteiger partial charge on any atom is -0.486 e. The average molecular weight is 428 g/mol. The molecular weight excluding hydrogens is 415 g/mol. The van der Waals surface area contributed by atoms with Crippen molar-refractivity contribution < 1.29 is 27.4 Å². The van der Waals surface area contributed by atoms with E-state index >= 15 is 0 Å². The fourth-order valence-corrected chi connectivity index (χ4v) is 2.83. The third kappa shape index (κ3) is 4.19. The molecule has 1 aliphatic rings. The van der Waals surface area contributed by atoms with Gasteiger partial charge in [0.15, 0.2) is 11.5 Å². The van der Waals surface area contributed by atoms with Crippen molar-refractivity contribution in [3.05, 3.63) is 58.6 Å². The Morgan fingerprint density at radius 2 is 1.69 bits per heavy atom. The van der Waals surface area contributed by atoms with E-state index in [1.54, 1.807) is 12.1 Å². The zero-order valence-electron chi connectivity index (χ0n) is 13.3. The number of carbonyl (C=O) groups is 1. The number of anilines is 1. The fourth-order valence-electron chi connectivity index (χ4n) is 2.41. The number of carbonyl (C=O) groups excluding carboxylic acids is 1. The highest BCUT2D eigenvalue weighted by Crippen LogP contribution is 2.38. The van der Waals surface area contributed by atoms with Crippen LogP contribution >= 0.6 is 15.9 Å². The number of nitrogens with one attached hydrogen (secondary N) is 1. The molecule has 2 aromatic rings. The van der Waals surface area contributed by atoms with Gasteiger partial charge in [0.25, 0.3) is 0 Å². The summed E-state index contributed by atoms with van der Waals surface area (Å²) in [5, 5.41) is 2.43. The Hall–Kier alpha value is -2.48. The van der Waals surface area contributed by atoms with Crippen LogP contribution in [-0.4, -0.2) is 25.3 Å². The van der Waals surface area contributed by atoms with Crippen LogP contribution in [-0.2, 0) is 4.79 Å². The second-order valence-electron chi connectivity index (χ2n) is 5.39. The van der Waals surface area contributed by atoms with Gasteiger partial charge in [-0.25, -0.2) is 0 Å². The first kappa shape index (κ1) is 18.3. The smallest absolute Gasteiger partial charge is 0.417 e. The molecule has 3 rings (SSSR count). The molecule has 8 heteroatoms. The van der Waals surface area contributed by atoms with Crippen molar-refractivity contribution >= 4 is 33.1 Å². The third-order valence-corrected chi connectivity index (χ3v) is 4.21. The Morgan fingerprint density at radius 1 is 1.08 bits per heavy atom. The van der Waals surface area contributed by atoms with Crippen molar-refractivity contribution in [2.45, 2.75) is 6.18 Å². The van der Waals surface area contributed by atoms with Gasteiger partial charge in [-0.05, 0) is 21.5 Å². The molecule has 1 aliphatic heterocycles. The van der Waals surface area contributed by atoms with Crippen LogP contribution in [0.5, 0.6) is 11.5 Å². The summed E-state index contributed by atoms with van der Waals surface area (Å²) in [4.78, 5) is 12.2. The molecule has 1 heterocycles. The van der Waals surface area contributed by atoms with E-state index in [-0.39, 0.29) is 11.3 Å². The Labute approximate surface area is 155 Å². The van der Waals surface area contributed by atoms with E-state index in [1.807, 2.05) is 0 Å². The molecule has 0 aromatic heterocycles. The predicted octanol–water partition coefficient (Wildman–Crippen LogP) is 4.80. The van der Waals surface area contributed by atoms with Crippen LogP contribution in [0.2, 0.25) is 0 Å². The van der Waals surface area contributed by atoms with E-state index in [2.05, 4.69) is 21.2 Å². The van der Waals surface area contributed by atoms with Crippen molar-refractivity contribution in [3.8, 4) is 11.5 Å². The van der Waals surface area contributed by atoms with Crippen LogP contribution in [0, 0.1) is 0 Å². The monoisotopic (exact) mass is 427 g/mol. The lowest BCUT2D eigenvalue weighted by molar-refractivity contribution is -0.112. The van der Waals surface area contributed by atoms with Gasteiger partial charge in [0.1, 0.15) is 13.2 Å². The molecule has 136 valence electrons. The molecule has 0 saturated carbocycles. The Kier molecular flexibility index (Phi) is 5.22. The average Bonchev–Trinajstić information content (AvgIpc) is 2.60. The summed E-state index contributed by atoms with van der Waals surface area (Å²) in [6.07, 6.45) is -4.12. The van der Waals surface area contributed by atoms with Gasteiger partial charge in [-0.15, -0.1) is 0 Å². The highest BCUT2D eigenvalue weighted by atomic mass is 79.9. The first-order valence-corrected chi connectivity index (χ1v) is 8.38. The normalized spacial score (nSPS) is 14.1. The number of ether oxygens (including phenoxy) is 2. The molecule has 1 amide bonds. The minimum absolute atomic E-state index is 0.0867. The van der Waals surface area contributed by atoms with E-state index in [4.69, 9.17) is 9.47 Å². The number of fused-ring (bicyclic) bond motifs is 1. The Morgan fingerprint density at radius 3 is 2.31 bits per heavy atom. The fraction of sp³-hybridized carbons (Fsp3) is 0.167. The number of hydrogen-bond donors (Lipinski definition) is 1. The topological polar surface area (TPSA) is 47.6 Å². The van der Waals surface area contributed by atoms with Gasteiger partial charge in [-0.2, -0.15) is 13.2 Å². The molecule has 0 aliphatic carbocycles. The van der Waals surface area contributed by atoms with Crippen LogP contribution in [0.4, 0.5) is 18.9 Å².